The molecule has 158 valence electrons. The Kier molecular flexibility index (Phi) is 5.74. The summed E-state index contributed by atoms with van der Waals surface area (Å²) in [7, 11) is 0. The van der Waals surface area contributed by atoms with Crippen LogP contribution in [0.4, 0.5) is 5.69 Å². The second kappa shape index (κ2) is 8.96. The van der Waals surface area contributed by atoms with Crippen LogP contribution in [0.15, 0.2) is 84.9 Å². The van der Waals surface area contributed by atoms with Crippen molar-refractivity contribution in [3.63, 3.8) is 0 Å². The molecule has 1 fully saturated rings. The first-order valence-electron chi connectivity index (χ1n) is 11.0. The summed E-state index contributed by atoms with van der Waals surface area (Å²) in [4.78, 5) is 4.76. The molecule has 1 saturated heterocycles. The van der Waals surface area contributed by atoms with Crippen LogP contribution >= 0.6 is 0 Å². The maximum absolute atomic E-state index is 10.6. The molecule has 0 radical (unpaired) electrons. The van der Waals surface area contributed by atoms with E-state index in [2.05, 4.69) is 70.5 Å². The fourth-order valence-electron chi connectivity index (χ4n) is 4.42. The lowest BCUT2D eigenvalue weighted by atomic mass is 10.1. The SMILES string of the molecule is OC(COc1cccc2ccccc12)CN1CCN(c2ccc3ccccc3c2)CC1. The highest BCUT2D eigenvalue weighted by Gasteiger charge is 2.20. The molecule has 0 aromatic heterocycles. The number of β-amino-alcohol motifs (C(OH)–C–C–N with tert-alkyl or cyclic N) is 1. The van der Waals surface area contributed by atoms with Crippen LogP contribution in [0.1, 0.15) is 0 Å². The van der Waals surface area contributed by atoms with Gasteiger partial charge in [0.25, 0.3) is 0 Å². The van der Waals surface area contributed by atoms with E-state index in [1.54, 1.807) is 0 Å². The number of benzene rings is 4. The molecule has 5 rings (SSSR count). The molecule has 0 bridgehead atoms. The number of aliphatic hydroxyl groups excluding tert-OH is 1. The Balaban J connectivity index is 1.14. The van der Waals surface area contributed by atoms with Crippen molar-refractivity contribution >= 4 is 27.2 Å². The van der Waals surface area contributed by atoms with E-state index in [1.807, 2.05) is 24.3 Å². The lowest BCUT2D eigenvalue weighted by molar-refractivity contribution is 0.0668. The molecule has 31 heavy (non-hydrogen) atoms. The summed E-state index contributed by atoms with van der Waals surface area (Å²) in [5.74, 6) is 0.832. The van der Waals surface area contributed by atoms with E-state index in [4.69, 9.17) is 4.74 Å². The lowest BCUT2D eigenvalue weighted by Gasteiger charge is -2.37. The van der Waals surface area contributed by atoms with E-state index in [0.717, 1.165) is 42.7 Å². The van der Waals surface area contributed by atoms with Gasteiger partial charge in [-0.25, -0.2) is 0 Å². The largest absolute Gasteiger partial charge is 0.490 e. The molecule has 0 aliphatic carbocycles. The third-order valence-electron chi connectivity index (χ3n) is 6.12. The van der Waals surface area contributed by atoms with E-state index in [-0.39, 0.29) is 0 Å². The van der Waals surface area contributed by atoms with Gasteiger partial charge >= 0.3 is 0 Å². The maximum atomic E-state index is 10.6. The van der Waals surface area contributed by atoms with Crippen LogP contribution in [-0.4, -0.2) is 55.4 Å². The molecule has 4 aromatic carbocycles. The van der Waals surface area contributed by atoms with Gasteiger partial charge in [-0.15, -0.1) is 0 Å². The molecule has 1 N–H and O–H groups in total. The number of fused-ring (bicyclic) bond motifs is 2. The van der Waals surface area contributed by atoms with E-state index in [9.17, 15) is 5.11 Å². The first kappa shape index (κ1) is 19.9. The Labute approximate surface area is 183 Å². The maximum Gasteiger partial charge on any atom is 0.127 e. The molecule has 0 spiro atoms. The van der Waals surface area contributed by atoms with Gasteiger partial charge in [0.05, 0.1) is 0 Å². The van der Waals surface area contributed by atoms with Crippen molar-refractivity contribution < 1.29 is 9.84 Å². The molecule has 1 aliphatic rings. The fourth-order valence-corrected chi connectivity index (χ4v) is 4.42. The van der Waals surface area contributed by atoms with E-state index in [0.29, 0.717) is 13.2 Å². The van der Waals surface area contributed by atoms with Gasteiger partial charge in [0, 0.05) is 43.8 Å². The summed E-state index contributed by atoms with van der Waals surface area (Å²) in [5.41, 5.74) is 1.28. The normalized spacial score (nSPS) is 16.0. The molecule has 1 unspecified atom stereocenters. The highest BCUT2D eigenvalue weighted by molar-refractivity contribution is 5.88. The van der Waals surface area contributed by atoms with Crippen molar-refractivity contribution in [2.75, 3.05) is 44.2 Å². The molecular formula is C27H28N2O2. The fraction of sp³-hybridized carbons (Fsp3) is 0.259. The van der Waals surface area contributed by atoms with Gasteiger partial charge in [0.15, 0.2) is 0 Å². The summed E-state index contributed by atoms with van der Waals surface area (Å²) in [6.45, 7) is 4.76. The van der Waals surface area contributed by atoms with Gasteiger partial charge in [-0.05, 0) is 34.4 Å². The minimum absolute atomic E-state index is 0.304. The van der Waals surface area contributed by atoms with Crippen molar-refractivity contribution in [3.8, 4) is 5.75 Å². The summed E-state index contributed by atoms with van der Waals surface area (Å²) >= 11 is 0. The molecule has 4 aromatic rings. The number of hydrogen-bond acceptors (Lipinski definition) is 4. The minimum atomic E-state index is -0.508. The van der Waals surface area contributed by atoms with E-state index in [1.165, 1.54) is 16.5 Å². The molecule has 4 heteroatoms. The predicted molar refractivity (Wildman–Crippen MR) is 128 cm³/mol. The van der Waals surface area contributed by atoms with Crippen LogP contribution in [0, 0.1) is 0 Å². The zero-order chi connectivity index (χ0) is 21.0. The first-order valence-corrected chi connectivity index (χ1v) is 11.0. The summed E-state index contributed by atoms with van der Waals surface area (Å²) in [6, 6.07) is 29.4. The van der Waals surface area contributed by atoms with Crippen molar-refractivity contribution in [1.29, 1.82) is 0 Å². The third-order valence-corrected chi connectivity index (χ3v) is 6.12. The number of piperazine rings is 1. The van der Waals surface area contributed by atoms with Crippen LogP contribution in [-0.2, 0) is 0 Å². The Morgan fingerprint density at radius 1 is 0.742 bits per heavy atom. The van der Waals surface area contributed by atoms with Gasteiger partial charge < -0.3 is 14.7 Å². The zero-order valence-corrected chi connectivity index (χ0v) is 17.7. The summed E-state index contributed by atoms with van der Waals surface area (Å²) in [6.07, 6.45) is -0.508. The van der Waals surface area contributed by atoms with Crippen molar-refractivity contribution in [1.82, 2.24) is 4.90 Å². The molecule has 1 atom stereocenters. The van der Waals surface area contributed by atoms with Gasteiger partial charge in [-0.1, -0.05) is 66.7 Å². The Hall–Kier alpha value is -3.08. The minimum Gasteiger partial charge on any atom is -0.490 e. The number of ether oxygens (including phenoxy) is 1. The van der Waals surface area contributed by atoms with Gasteiger partial charge in [0.1, 0.15) is 18.5 Å². The first-order chi connectivity index (χ1) is 15.3. The number of rotatable bonds is 6. The number of nitrogens with zero attached hydrogens (tertiary/aromatic N) is 2. The molecule has 0 amide bonds. The molecular weight excluding hydrogens is 384 g/mol. The van der Waals surface area contributed by atoms with Crippen LogP contribution in [0.25, 0.3) is 21.5 Å². The molecule has 4 nitrogen and oxygen atoms in total. The topological polar surface area (TPSA) is 35.9 Å². The average Bonchev–Trinajstić information content (AvgIpc) is 2.83. The van der Waals surface area contributed by atoms with Gasteiger partial charge in [-0.2, -0.15) is 0 Å². The number of anilines is 1. The van der Waals surface area contributed by atoms with Crippen molar-refractivity contribution in [2.24, 2.45) is 0 Å². The predicted octanol–water partition coefficient (Wildman–Crippen LogP) is 4.55. The quantitative estimate of drug-likeness (QED) is 0.504. The second-order valence-electron chi connectivity index (χ2n) is 8.26. The van der Waals surface area contributed by atoms with Crippen molar-refractivity contribution in [2.45, 2.75) is 6.10 Å². The van der Waals surface area contributed by atoms with Gasteiger partial charge in [-0.3, -0.25) is 4.90 Å². The van der Waals surface area contributed by atoms with E-state index < -0.39 is 6.10 Å². The average molecular weight is 413 g/mol. The third kappa shape index (κ3) is 4.50. The van der Waals surface area contributed by atoms with Gasteiger partial charge in [0.2, 0.25) is 0 Å². The van der Waals surface area contributed by atoms with Crippen LogP contribution in [0.5, 0.6) is 5.75 Å². The molecule has 1 aliphatic heterocycles. The highest BCUT2D eigenvalue weighted by Crippen LogP contribution is 2.26. The number of aliphatic hydroxyl groups is 1. The number of hydrogen-bond donors (Lipinski definition) is 1. The van der Waals surface area contributed by atoms with Crippen LogP contribution in [0.2, 0.25) is 0 Å². The Bertz CT molecular complexity index is 1160. The molecule has 0 saturated carbocycles. The monoisotopic (exact) mass is 412 g/mol. The summed E-state index contributed by atoms with van der Waals surface area (Å²) in [5, 5.41) is 15.4. The van der Waals surface area contributed by atoms with Crippen LogP contribution in [0.3, 0.4) is 0 Å². The summed E-state index contributed by atoms with van der Waals surface area (Å²) < 4.78 is 5.97. The van der Waals surface area contributed by atoms with Crippen molar-refractivity contribution in [3.05, 3.63) is 84.9 Å². The second-order valence-corrected chi connectivity index (χ2v) is 8.26. The zero-order valence-electron chi connectivity index (χ0n) is 17.7. The Morgan fingerprint density at radius 2 is 1.45 bits per heavy atom. The standard InChI is InChI=1S/C27H28N2O2/c30-25(20-31-27-11-5-9-22-7-3-4-10-26(22)27)19-28-14-16-29(17-15-28)24-13-12-21-6-1-2-8-23(21)18-24/h1-13,18,25,30H,14-17,19-20H2. The Morgan fingerprint density at radius 3 is 2.29 bits per heavy atom. The van der Waals surface area contributed by atoms with Crippen LogP contribution < -0.4 is 9.64 Å². The lowest BCUT2D eigenvalue weighted by Crippen LogP contribution is -2.49. The van der Waals surface area contributed by atoms with E-state index >= 15 is 0 Å². The highest BCUT2D eigenvalue weighted by atomic mass is 16.5. The smallest absolute Gasteiger partial charge is 0.127 e. The molecule has 1 heterocycles.